The van der Waals surface area contributed by atoms with Crippen LogP contribution in [-0.2, 0) is 11.2 Å². The van der Waals surface area contributed by atoms with Gasteiger partial charge in [0.25, 0.3) is 0 Å². The molecule has 0 aromatic heterocycles. The zero-order valence-electron chi connectivity index (χ0n) is 16.7. The Morgan fingerprint density at radius 2 is 1.79 bits per heavy atom. The van der Waals surface area contributed by atoms with Gasteiger partial charge in [-0.2, -0.15) is 0 Å². The molecule has 9 heteroatoms. The minimum atomic E-state index is -1.25. The molecule has 1 aliphatic carbocycles. The van der Waals surface area contributed by atoms with E-state index in [1.54, 1.807) is 6.07 Å². The van der Waals surface area contributed by atoms with Gasteiger partial charge >= 0.3 is 0 Å². The monoisotopic (exact) mass is 619 g/mol. The van der Waals surface area contributed by atoms with Gasteiger partial charge in [-0.1, -0.05) is 29.8 Å². The van der Waals surface area contributed by atoms with Crippen LogP contribution < -0.4 is 5.32 Å². The lowest BCUT2D eigenvalue weighted by Crippen LogP contribution is -2.17. The van der Waals surface area contributed by atoms with Crippen LogP contribution in [0.4, 0.5) is 14.5 Å². The number of benzene rings is 3. The van der Waals surface area contributed by atoms with Gasteiger partial charge < -0.3 is 5.32 Å². The summed E-state index contributed by atoms with van der Waals surface area (Å²) < 4.78 is 26.8. The Morgan fingerprint density at radius 1 is 1.03 bits per heavy atom. The molecule has 1 N–H and O–H groups in total. The van der Waals surface area contributed by atoms with Crippen LogP contribution in [-0.4, -0.2) is 16.0 Å². The third-order valence-electron chi connectivity index (χ3n) is 5.44. The Morgan fingerprint density at radius 3 is 2.48 bits per heavy atom. The lowest BCUT2D eigenvalue weighted by Gasteiger charge is -2.10. The van der Waals surface area contributed by atoms with Crippen molar-refractivity contribution in [2.75, 3.05) is 5.32 Å². The number of nitrogens with one attached hydrogen (secondary N) is 1. The average molecular weight is 621 g/mol. The van der Waals surface area contributed by atoms with Crippen molar-refractivity contribution in [2.24, 2.45) is 5.92 Å². The van der Waals surface area contributed by atoms with E-state index in [2.05, 4.69) is 27.9 Å². The van der Waals surface area contributed by atoms with E-state index in [4.69, 9.17) is 34.8 Å². The lowest BCUT2D eigenvalue weighted by molar-refractivity contribution is -0.117. The van der Waals surface area contributed by atoms with Crippen molar-refractivity contribution in [2.45, 2.75) is 16.7 Å². The molecule has 0 heterocycles. The summed E-state index contributed by atoms with van der Waals surface area (Å²) in [5.41, 5.74) is 1.33. The molecular formula is C24H15Cl3F2INO2. The smallest absolute Gasteiger partial charge is 0.231 e. The summed E-state index contributed by atoms with van der Waals surface area (Å²) in [6, 6.07) is 15.0. The standard InChI is InChI=1S/C24H15Cl3F2INO2/c25-18-7-6-16(11-17(18)20(32)9-12-4-5-14(28)10-19(12)29)31-23(33)22-21(24(22,26)27)13-2-1-3-15(30)8-13/h1-8,10-11,21-22H,9H2,(H,31,33). The van der Waals surface area contributed by atoms with Crippen molar-refractivity contribution in [3.63, 3.8) is 0 Å². The second kappa shape index (κ2) is 9.49. The maximum atomic E-state index is 13.9. The van der Waals surface area contributed by atoms with Crippen LogP contribution in [0.1, 0.15) is 27.4 Å². The Labute approximate surface area is 217 Å². The van der Waals surface area contributed by atoms with Crippen LogP contribution in [0.3, 0.4) is 0 Å². The molecular weight excluding hydrogens is 606 g/mol. The number of hydrogen-bond donors (Lipinski definition) is 1. The first-order valence-corrected chi connectivity index (χ1v) is 12.0. The van der Waals surface area contributed by atoms with Gasteiger partial charge in [0.05, 0.1) is 10.9 Å². The molecule has 1 amide bonds. The number of rotatable bonds is 6. The average Bonchev–Trinajstić information content (AvgIpc) is 3.33. The Balaban J connectivity index is 1.51. The minimum Gasteiger partial charge on any atom is -0.326 e. The molecule has 0 spiro atoms. The maximum Gasteiger partial charge on any atom is 0.231 e. The molecule has 0 saturated heterocycles. The molecule has 1 saturated carbocycles. The van der Waals surface area contributed by atoms with E-state index in [1.165, 1.54) is 18.2 Å². The molecule has 3 aromatic carbocycles. The zero-order valence-corrected chi connectivity index (χ0v) is 21.1. The second-order valence-electron chi connectivity index (χ2n) is 7.70. The molecule has 0 radical (unpaired) electrons. The topological polar surface area (TPSA) is 46.2 Å². The van der Waals surface area contributed by atoms with Crippen molar-refractivity contribution >= 4 is 74.8 Å². The quantitative estimate of drug-likeness (QED) is 0.180. The summed E-state index contributed by atoms with van der Waals surface area (Å²) in [6.07, 6.45) is -0.312. The normalized spacial score (nSPS) is 18.6. The SMILES string of the molecule is O=C(Cc1ccc(F)cc1F)c1cc(NC(=O)C2C(c3cccc(I)c3)C2(Cl)Cl)ccc1Cl. The van der Waals surface area contributed by atoms with E-state index in [0.29, 0.717) is 11.8 Å². The van der Waals surface area contributed by atoms with Gasteiger partial charge in [-0.05, 0) is 70.1 Å². The third kappa shape index (κ3) is 5.19. The molecule has 0 aliphatic heterocycles. The number of Topliss-reactive ketones (excluding diaryl/α,β-unsaturated/α-hetero) is 1. The van der Waals surface area contributed by atoms with Crippen molar-refractivity contribution in [3.05, 3.63) is 97.6 Å². The highest BCUT2D eigenvalue weighted by molar-refractivity contribution is 14.1. The molecule has 1 fully saturated rings. The van der Waals surface area contributed by atoms with E-state index in [1.807, 2.05) is 24.3 Å². The first-order chi connectivity index (χ1) is 15.6. The Hall–Kier alpha value is -1.74. The second-order valence-corrected chi connectivity index (χ2v) is 10.8. The van der Waals surface area contributed by atoms with E-state index in [0.717, 1.165) is 15.2 Å². The lowest BCUT2D eigenvalue weighted by atomic mass is 10.0. The number of carbonyl (C=O) groups excluding carboxylic acids is 2. The summed E-state index contributed by atoms with van der Waals surface area (Å²) in [4.78, 5) is 25.6. The molecule has 33 heavy (non-hydrogen) atoms. The van der Waals surface area contributed by atoms with Crippen LogP contribution in [0.5, 0.6) is 0 Å². The number of halogens is 6. The molecule has 4 rings (SSSR count). The molecule has 2 atom stereocenters. The summed E-state index contributed by atoms with van der Waals surface area (Å²) in [6.45, 7) is 0. The highest BCUT2D eigenvalue weighted by Crippen LogP contribution is 2.65. The number of hydrogen-bond acceptors (Lipinski definition) is 2. The molecule has 0 bridgehead atoms. The molecule has 1 aliphatic rings. The predicted octanol–water partition coefficient (Wildman–Crippen LogP) is 7.17. The number of alkyl halides is 2. The fraction of sp³-hybridized carbons (Fsp3) is 0.167. The van der Waals surface area contributed by atoms with Gasteiger partial charge in [0.2, 0.25) is 5.91 Å². The van der Waals surface area contributed by atoms with Gasteiger partial charge in [-0.15, -0.1) is 23.2 Å². The van der Waals surface area contributed by atoms with E-state index in [-0.39, 0.29) is 28.5 Å². The number of carbonyl (C=O) groups is 2. The summed E-state index contributed by atoms with van der Waals surface area (Å²) in [7, 11) is 0. The summed E-state index contributed by atoms with van der Waals surface area (Å²) in [5, 5.41) is 2.88. The van der Waals surface area contributed by atoms with Crippen LogP contribution in [0.2, 0.25) is 5.02 Å². The van der Waals surface area contributed by atoms with Gasteiger partial charge in [0, 0.05) is 33.2 Å². The molecule has 3 aromatic rings. The number of anilines is 1. The number of ketones is 1. The minimum absolute atomic E-state index is 0.0410. The van der Waals surface area contributed by atoms with Crippen LogP contribution in [0.25, 0.3) is 0 Å². The van der Waals surface area contributed by atoms with Crippen molar-refractivity contribution < 1.29 is 18.4 Å². The van der Waals surface area contributed by atoms with E-state index < -0.39 is 33.6 Å². The van der Waals surface area contributed by atoms with E-state index in [9.17, 15) is 18.4 Å². The molecule has 3 nitrogen and oxygen atoms in total. The Bertz CT molecular complexity index is 1270. The van der Waals surface area contributed by atoms with Crippen LogP contribution in [0.15, 0.2) is 60.7 Å². The largest absolute Gasteiger partial charge is 0.326 e. The van der Waals surface area contributed by atoms with Crippen molar-refractivity contribution in [1.82, 2.24) is 0 Å². The van der Waals surface area contributed by atoms with Gasteiger partial charge in [0.1, 0.15) is 16.0 Å². The highest BCUT2D eigenvalue weighted by Gasteiger charge is 2.67. The number of amides is 1. The van der Waals surface area contributed by atoms with Gasteiger partial charge in [-0.3, -0.25) is 9.59 Å². The van der Waals surface area contributed by atoms with Gasteiger partial charge in [-0.25, -0.2) is 8.78 Å². The van der Waals surface area contributed by atoms with Crippen LogP contribution >= 0.6 is 57.4 Å². The van der Waals surface area contributed by atoms with Gasteiger partial charge in [0.15, 0.2) is 5.78 Å². The summed E-state index contributed by atoms with van der Waals surface area (Å²) in [5.74, 6) is -3.47. The van der Waals surface area contributed by atoms with Crippen molar-refractivity contribution in [1.29, 1.82) is 0 Å². The van der Waals surface area contributed by atoms with Crippen LogP contribution in [0, 0.1) is 21.1 Å². The third-order valence-corrected chi connectivity index (χ3v) is 7.39. The molecule has 170 valence electrons. The zero-order chi connectivity index (χ0) is 23.9. The summed E-state index contributed by atoms with van der Waals surface area (Å²) >= 11 is 21.2. The first-order valence-electron chi connectivity index (χ1n) is 9.78. The fourth-order valence-electron chi connectivity index (χ4n) is 3.74. The fourth-order valence-corrected chi connectivity index (χ4v) is 5.36. The highest BCUT2D eigenvalue weighted by atomic mass is 127. The van der Waals surface area contributed by atoms with Crippen molar-refractivity contribution in [3.8, 4) is 0 Å². The van der Waals surface area contributed by atoms with E-state index >= 15 is 0 Å². The first kappa shape index (κ1) is 24.4. The maximum absolute atomic E-state index is 13.9. The predicted molar refractivity (Wildman–Crippen MR) is 134 cm³/mol. The molecule has 2 unspecified atom stereocenters. The Kier molecular flexibility index (Phi) is 7.01.